The first-order valence-corrected chi connectivity index (χ1v) is 6.01. The molecule has 1 aromatic heterocycles. The summed E-state index contributed by atoms with van der Waals surface area (Å²) in [5.74, 6) is 1.63. The summed E-state index contributed by atoms with van der Waals surface area (Å²) in [7, 11) is 0. The third kappa shape index (κ3) is 2.31. The van der Waals surface area contributed by atoms with E-state index in [-0.39, 0.29) is 0 Å². The minimum absolute atomic E-state index is 0.576. The Labute approximate surface area is 101 Å². The van der Waals surface area contributed by atoms with Gasteiger partial charge in [0.1, 0.15) is 5.75 Å². The van der Waals surface area contributed by atoms with Crippen LogP contribution in [0.1, 0.15) is 11.1 Å². The number of rotatable bonds is 2. The summed E-state index contributed by atoms with van der Waals surface area (Å²) in [6.07, 6.45) is 5.88. The van der Waals surface area contributed by atoms with Crippen molar-refractivity contribution in [2.45, 2.75) is 12.8 Å². The Balaban J connectivity index is 1.72. The molecule has 1 aliphatic heterocycles. The van der Waals surface area contributed by atoms with Crippen LogP contribution in [0.25, 0.3) is 0 Å². The molecule has 1 aromatic carbocycles. The van der Waals surface area contributed by atoms with Gasteiger partial charge in [-0.3, -0.25) is 4.98 Å². The highest BCUT2D eigenvalue weighted by molar-refractivity contribution is 5.35. The molecule has 17 heavy (non-hydrogen) atoms. The van der Waals surface area contributed by atoms with Gasteiger partial charge in [0.25, 0.3) is 0 Å². The van der Waals surface area contributed by atoms with Gasteiger partial charge in [-0.2, -0.15) is 0 Å². The van der Waals surface area contributed by atoms with Crippen molar-refractivity contribution in [2.24, 2.45) is 5.92 Å². The topological polar surface area (TPSA) is 22.1 Å². The second-order valence-electron chi connectivity index (χ2n) is 4.55. The molecule has 3 rings (SSSR count). The SMILES string of the molecule is c1ccc2c(c1)C[C@@H](Cc1ccncc1)CO2. The lowest BCUT2D eigenvalue weighted by atomic mass is 9.91. The second kappa shape index (κ2) is 4.58. The normalized spacial score (nSPS) is 18.2. The lowest BCUT2D eigenvalue weighted by Gasteiger charge is -2.25. The van der Waals surface area contributed by atoms with Crippen molar-refractivity contribution in [1.82, 2.24) is 4.98 Å². The zero-order valence-corrected chi connectivity index (χ0v) is 9.67. The number of benzene rings is 1. The van der Waals surface area contributed by atoms with Gasteiger partial charge in [-0.05, 0) is 42.2 Å². The van der Waals surface area contributed by atoms with Crippen LogP contribution in [0.2, 0.25) is 0 Å². The van der Waals surface area contributed by atoms with E-state index in [9.17, 15) is 0 Å². The lowest BCUT2D eigenvalue weighted by Crippen LogP contribution is -2.22. The summed E-state index contributed by atoms with van der Waals surface area (Å²) < 4.78 is 5.79. The predicted octanol–water partition coefficient (Wildman–Crippen LogP) is 2.88. The van der Waals surface area contributed by atoms with E-state index in [2.05, 4.69) is 35.3 Å². The summed E-state index contributed by atoms with van der Waals surface area (Å²) in [6.45, 7) is 0.819. The van der Waals surface area contributed by atoms with Gasteiger partial charge >= 0.3 is 0 Å². The van der Waals surface area contributed by atoms with E-state index in [4.69, 9.17) is 4.74 Å². The zero-order valence-electron chi connectivity index (χ0n) is 9.67. The first kappa shape index (κ1) is 10.3. The maximum absolute atomic E-state index is 5.79. The van der Waals surface area contributed by atoms with Gasteiger partial charge < -0.3 is 4.74 Å². The molecule has 0 amide bonds. The van der Waals surface area contributed by atoms with Gasteiger partial charge in [0, 0.05) is 18.3 Å². The molecular weight excluding hydrogens is 210 g/mol. The number of pyridine rings is 1. The van der Waals surface area contributed by atoms with Crippen molar-refractivity contribution in [3.05, 3.63) is 59.9 Å². The van der Waals surface area contributed by atoms with Crippen LogP contribution in [0.4, 0.5) is 0 Å². The van der Waals surface area contributed by atoms with Gasteiger partial charge in [-0.15, -0.1) is 0 Å². The van der Waals surface area contributed by atoms with Gasteiger partial charge in [0.15, 0.2) is 0 Å². The zero-order chi connectivity index (χ0) is 11.5. The van der Waals surface area contributed by atoms with Gasteiger partial charge in [-0.1, -0.05) is 18.2 Å². The van der Waals surface area contributed by atoms with Crippen LogP contribution in [0, 0.1) is 5.92 Å². The Kier molecular flexibility index (Phi) is 2.78. The Morgan fingerprint density at radius 1 is 1.12 bits per heavy atom. The van der Waals surface area contributed by atoms with Crippen LogP contribution in [-0.4, -0.2) is 11.6 Å². The molecule has 2 heterocycles. The summed E-state index contributed by atoms with van der Waals surface area (Å²) in [4.78, 5) is 4.04. The molecule has 1 atom stereocenters. The maximum Gasteiger partial charge on any atom is 0.122 e. The van der Waals surface area contributed by atoms with E-state index in [1.807, 2.05) is 18.5 Å². The fourth-order valence-corrected chi connectivity index (χ4v) is 2.37. The molecule has 0 unspecified atom stereocenters. The average molecular weight is 225 g/mol. The molecule has 0 spiro atoms. The molecule has 2 nitrogen and oxygen atoms in total. The minimum atomic E-state index is 0.576. The van der Waals surface area contributed by atoms with E-state index in [1.165, 1.54) is 11.1 Å². The number of fused-ring (bicyclic) bond motifs is 1. The molecule has 0 saturated heterocycles. The molecule has 86 valence electrons. The molecule has 2 heteroatoms. The van der Waals surface area contributed by atoms with Gasteiger partial charge in [0.2, 0.25) is 0 Å². The van der Waals surface area contributed by atoms with Crippen molar-refractivity contribution >= 4 is 0 Å². The largest absolute Gasteiger partial charge is 0.493 e. The molecule has 0 aliphatic carbocycles. The Hall–Kier alpha value is -1.83. The molecule has 1 aliphatic rings. The van der Waals surface area contributed by atoms with Crippen molar-refractivity contribution in [3.63, 3.8) is 0 Å². The molecular formula is C15H15NO. The van der Waals surface area contributed by atoms with Crippen molar-refractivity contribution in [3.8, 4) is 5.75 Å². The smallest absolute Gasteiger partial charge is 0.122 e. The van der Waals surface area contributed by atoms with E-state index in [0.29, 0.717) is 5.92 Å². The first-order valence-electron chi connectivity index (χ1n) is 6.01. The lowest BCUT2D eigenvalue weighted by molar-refractivity contribution is 0.221. The van der Waals surface area contributed by atoms with Crippen LogP contribution < -0.4 is 4.74 Å². The minimum Gasteiger partial charge on any atom is -0.493 e. The summed E-state index contributed by atoms with van der Waals surface area (Å²) in [6, 6.07) is 12.5. The number of hydrogen-bond acceptors (Lipinski definition) is 2. The summed E-state index contributed by atoms with van der Waals surface area (Å²) in [5.41, 5.74) is 2.67. The number of nitrogens with zero attached hydrogens (tertiary/aromatic N) is 1. The fraction of sp³-hybridized carbons (Fsp3) is 0.267. The van der Waals surface area contributed by atoms with Crippen LogP contribution in [0.5, 0.6) is 5.75 Å². The molecule has 0 N–H and O–H groups in total. The summed E-state index contributed by atoms with van der Waals surface area (Å²) in [5, 5.41) is 0. The highest BCUT2D eigenvalue weighted by Gasteiger charge is 2.19. The number of para-hydroxylation sites is 1. The fourth-order valence-electron chi connectivity index (χ4n) is 2.37. The van der Waals surface area contributed by atoms with Crippen LogP contribution in [0.15, 0.2) is 48.8 Å². The Morgan fingerprint density at radius 3 is 2.82 bits per heavy atom. The van der Waals surface area contributed by atoms with Crippen LogP contribution in [-0.2, 0) is 12.8 Å². The van der Waals surface area contributed by atoms with Crippen molar-refractivity contribution in [2.75, 3.05) is 6.61 Å². The molecule has 0 saturated carbocycles. The number of hydrogen-bond donors (Lipinski definition) is 0. The maximum atomic E-state index is 5.79. The average Bonchev–Trinajstić information content (AvgIpc) is 2.40. The predicted molar refractivity (Wildman–Crippen MR) is 67.1 cm³/mol. The van der Waals surface area contributed by atoms with Gasteiger partial charge in [0.05, 0.1) is 6.61 Å². The molecule has 2 aromatic rings. The summed E-state index contributed by atoms with van der Waals surface area (Å²) >= 11 is 0. The quantitative estimate of drug-likeness (QED) is 0.784. The van der Waals surface area contributed by atoms with E-state index in [1.54, 1.807) is 0 Å². The van der Waals surface area contributed by atoms with Crippen molar-refractivity contribution < 1.29 is 4.74 Å². The third-order valence-electron chi connectivity index (χ3n) is 3.23. The highest BCUT2D eigenvalue weighted by Crippen LogP contribution is 2.28. The Morgan fingerprint density at radius 2 is 1.94 bits per heavy atom. The van der Waals surface area contributed by atoms with E-state index >= 15 is 0 Å². The highest BCUT2D eigenvalue weighted by atomic mass is 16.5. The first-order chi connectivity index (χ1) is 8.42. The molecule has 0 radical (unpaired) electrons. The van der Waals surface area contributed by atoms with Crippen LogP contribution in [0.3, 0.4) is 0 Å². The van der Waals surface area contributed by atoms with E-state index in [0.717, 1.165) is 25.2 Å². The van der Waals surface area contributed by atoms with Crippen LogP contribution >= 0.6 is 0 Å². The molecule has 0 bridgehead atoms. The van der Waals surface area contributed by atoms with E-state index < -0.39 is 0 Å². The monoisotopic (exact) mass is 225 g/mol. The van der Waals surface area contributed by atoms with Gasteiger partial charge in [-0.25, -0.2) is 0 Å². The number of aromatic nitrogens is 1. The Bertz CT molecular complexity index is 495. The molecule has 0 fully saturated rings. The number of ether oxygens (including phenoxy) is 1. The standard InChI is InChI=1S/C15H15NO/c1-2-4-15-14(3-1)10-13(11-17-15)9-12-5-7-16-8-6-12/h1-8,13H,9-11H2/t13-/m1/s1. The second-order valence-corrected chi connectivity index (χ2v) is 4.55. The third-order valence-corrected chi connectivity index (χ3v) is 3.23. The van der Waals surface area contributed by atoms with Crippen molar-refractivity contribution in [1.29, 1.82) is 0 Å².